The maximum absolute atomic E-state index is 12.4. The molecule has 0 amide bonds. The van der Waals surface area contributed by atoms with Crippen molar-refractivity contribution in [2.75, 3.05) is 13.1 Å². The maximum atomic E-state index is 12.4. The summed E-state index contributed by atoms with van der Waals surface area (Å²) in [5, 5.41) is 3.27. The molecule has 0 bridgehead atoms. The van der Waals surface area contributed by atoms with Gasteiger partial charge in [-0.25, -0.2) is 13.1 Å². The predicted octanol–water partition coefficient (Wildman–Crippen LogP) is 1.58. The standard InChI is InChI=1S/C14H22N2O2S/c1-10-4-5-14(11(2)8-10)19(17,18)16-13-6-7-15-9-12(13)3/h4-5,8,12-13,15-16H,6-7,9H2,1-3H3/t12-,13+/m1/s1. The number of aryl methyl sites for hydroxylation is 2. The van der Waals surface area contributed by atoms with E-state index in [-0.39, 0.29) is 6.04 Å². The van der Waals surface area contributed by atoms with Crippen molar-refractivity contribution in [3.05, 3.63) is 29.3 Å². The fourth-order valence-corrected chi connectivity index (χ4v) is 4.16. The molecular formula is C14H22N2O2S. The van der Waals surface area contributed by atoms with Crippen molar-refractivity contribution < 1.29 is 8.42 Å². The first kappa shape index (κ1) is 14.5. The van der Waals surface area contributed by atoms with Crippen LogP contribution in [0, 0.1) is 19.8 Å². The zero-order valence-electron chi connectivity index (χ0n) is 11.7. The average Bonchev–Trinajstić information content (AvgIpc) is 2.31. The Bertz CT molecular complexity index is 555. The summed E-state index contributed by atoms with van der Waals surface area (Å²) < 4.78 is 27.7. The zero-order valence-corrected chi connectivity index (χ0v) is 12.5. The molecule has 4 nitrogen and oxygen atoms in total. The summed E-state index contributed by atoms with van der Waals surface area (Å²) in [7, 11) is -3.42. The molecule has 1 saturated heterocycles. The van der Waals surface area contributed by atoms with Gasteiger partial charge in [-0.15, -0.1) is 0 Å². The summed E-state index contributed by atoms with van der Waals surface area (Å²) in [5.41, 5.74) is 1.88. The zero-order chi connectivity index (χ0) is 14.0. The first-order chi connectivity index (χ1) is 8.90. The highest BCUT2D eigenvalue weighted by Crippen LogP contribution is 2.19. The monoisotopic (exact) mass is 282 g/mol. The van der Waals surface area contributed by atoms with Crippen LogP contribution in [0.3, 0.4) is 0 Å². The van der Waals surface area contributed by atoms with Gasteiger partial charge in [0.2, 0.25) is 10.0 Å². The van der Waals surface area contributed by atoms with Gasteiger partial charge < -0.3 is 5.32 Å². The van der Waals surface area contributed by atoms with Crippen LogP contribution in [-0.2, 0) is 10.0 Å². The lowest BCUT2D eigenvalue weighted by Gasteiger charge is -2.30. The van der Waals surface area contributed by atoms with Crippen molar-refractivity contribution in [3.8, 4) is 0 Å². The van der Waals surface area contributed by atoms with E-state index in [1.807, 2.05) is 26.0 Å². The molecule has 0 spiro atoms. The van der Waals surface area contributed by atoms with Crippen LogP contribution in [0.5, 0.6) is 0 Å². The van der Waals surface area contributed by atoms with Gasteiger partial charge >= 0.3 is 0 Å². The summed E-state index contributed by atoms with van der Waals surface area (Å²) in [6.07, 6.45) is 0.839. The van der Waals surface area contributed by atoms with E-state index in [0.717, 1.165) is 30.6 Å². The molecule has 19 heavy (non-hydrogen) atoms. The predicted molar refractivity (Wildman–Crippen MR) is 76.7 cm³/mol. The van der Waals surface area contributed by atoms with Crippen molar-refractivity contribution in [2.24, 2.45) is 5.92 Å². The Labute approximate surface area is 115 Å². The summed E-state index contributed by atoms with van der Waals surface area (Å²) in [4.78, 5) is 0.392. The largest absolute Gasteiger partial charge is 0.316 e. The number of nitrogens with one attached hydrogen (secondary N) is 2. The quantitative estimate of drug-likeness (QED) is 0.885. The topological polar surface area (TPSA) is 58.2 Å². The molecule has 1 aliphatic heterocycles. The summed E-state index contributed by atoms with van der Waals surface area (Å²) in [6.45, 7) is 7.60. The Kier molecular flexibility index (Phi) is 4.28. The van der Waals surface area contributed by atoms with Crippen LogP contribution in [0.15, 0.2) is 23.1 Å². The van der Waals surface area contributed by atoms with Crippen molar-refractivity contribution >= 4 is 10.0 Å². The molecule has 2 rings (SSSR count). The molecule has 2 N–H and O–H groups in total. The average molecular weight is 282 g/mol. The van der Waals surface area contributed by atoms with Gasteiger partial charge in [0.15, 0.2) is 0 Å². The van der Waals surface area contributed by atoms with E-state index in [4.69, 9.17) is 0 Å². The van der Waals surface area contributed by atoms with Crippen LogP contribution < -0.4 is 10.0 Å². The third-order valence-corrected chi connectivity index (χ3v) is 5.36. The SMILES string of the molecule is Cc1ccc(S(=O)(=O)N[C@H]2CCNC[C@H]2C)c(C)c1. The fraction of sp³-hybridized carbons (Fsp3) is 0.571. The fourth-order valence-electron chi connectivity index (χ4n) is 2.55. The van der Waals surface area contributed by atoms with Crippen molar-refractivity contribution in [1.82, 2.24) is 10.0 Å². The minimum atomic E-state index is -3.42. The number of hydrogen-bond donors (Lipinski definition) is 2. The lowest BCUT2D eigenvalue weighted by molar-refractivity contribution is 0.328. The summed E-state index contributed by atoms with van der Waals surface area (Å²) in [5.74, 6) is 0.314. The number of piperidine rings is 1. The van der Waals surface area contributed by atoms with Gasteiger partial charge in [0.05, 0.1) is 4.90 Å². The van der Waals surface area contributed by atoms with Gasteiger partial charge in [0, 0.05) is 6.04 Å². The van der Waals surface area contributed by atoms with E-state index < -0.39 is 10.0 Å². The van der Waals surface area contributed by atoms with E-state index in [2.05, 4.69) is 17.0 Å². The molecule has 0 radical (unpaired) electrons. The Hall–Kier alpha value is -0.910. The lowest BCUT2D eigenvalue weighted by atomic mass is 9.97. The van der Waals surface area contributed by atoms with E-state index in [0.29, 0.717) is 10.8 Å². The van der Waals surface area contributed by atoms with Gasteiger partial charge in [-0.3, -0.25) is 0 Å². The molecule has 2 atom stereocenters. The van der Waals surface area contributed by atoms with Crippen molar-refractivity contribution in [1.29, 1.82) is 0 Å². The molecule has 1 aromatic rings. The maximum Gasteiger partial charge on any atom is 0.241 e. The lowest BCUT2D eigenvalue weighted by Crippen LogP contribution is -2.48. The van der Waals surface area contributed by atoms with Crippen LogP contribution in [-0.4, -0.2) is 27.5 Å². The molecule has 5 heteroatoms. The number of rotatable bonds is 3. The molecule has 1 aliphatic rings. The Balaban J connectivity index is 2.22. The van der Waals surface area contributed by atoms with Crippen LogP contribution >= 0.6 is 0 Å². The van der Waals surface area contributed by atoms with E-state index in [1.54, 1.807) is 6.07 Å². The Morgan fingerprint density at radius 3 is 2.68 bits per heavy atom. The highest BCUT2D eigenvalue weighted by Gasteiger charge is 2.27. The summed E-state index contributed by atoms with van der Waals surface area (Å²) >= 11 is 0. The minimum Gasteiger partial charge on any atom is -0.316 e. The second kappa shape index (κ2) is 5.61. The van der Waals surface area contributed by atoms with E-state index >= 15 is 0 Å². The van der Waals surface area contributed by atoms with Crippen LogP contribution in [0.2, 0.25) is 0 Å². The third-order valence-electron chi connectivity index (χ3n) is 3.71. The molecule has 0 aromatic heterocycles. The molecule has 1 aromatic carbocycles. The van der Waals surface area contributed by atoms with Crippen LogP contribution in [0.4, 0.5) is 0 Å². The van der Waals surface area contributed by atoms with Gasteiger partial charge in [-0.1, -0.05) is 24.6 Å². The number of benzene rings is 1. The van der Waals surface area contributed by atoms with Crippen LogP contribution in [0.1, 0.15) is 24.5 Å². The highest BCUT2D eigenvalue weighted by atomic mass is 32.2. The number of sulfonamides is 1. The molecular weight excluding hydrogens is 260 g/mol. The molecule has 0 aliphatic carbocycles. The Morgan fingerprint density at radius 1 is 1.32 bits per heavy atom. The molecule has 0 saturated carbocycles. The molecule has 106 valence electrons. The Morgan fingerprint density at radius 2 is 2.05 bits per heavy atom. The second-order valence-corrected chi connectivity index (χ2v) is 7.15. The van der Waals surface area contributed by atoms with Crippen LogP contribution in [0.25, 0.3) is 0 Å². The highest BCUT2D eigenvalue weighted by molar-refractivity contribution is 7.89. The van der Waals surface area contributed by atoms with E-state index in [1.165, 1.54) is 0 Å². The van der Waals surface area contributed by atoms with Crippen molar-refractivity contribution in [3.63, 3.8) is 0 Å². The first-order valence-electron chi connectivity index (χ1n) is 6.70. The minimum absolute atomic E-state index is 0.0203. The van der Waals surface area contributed by atoms with Gasteiger partial charge in [0.1, 0.15) is 0 Å². The summed E-state index contributed by atoms with van der Waals surface area (Å²) in [6, 6.07) is 5.46. The van der Waals surface area contributed by atoms with Gasteiger partial charge in [-0.05, 0) is 50.9 Å². The van der Waals surface area contributed by atoms with Crippen molar-refractivity contribution in [2.45, 2.75) is 38.1 Å². The van der Waals surface area contributed by atoms with Gasteiger partial charge in [0.25, 0.3) is 0 Å². The normalized spacial score (nSPS) is 24.4. The van der Waals surface area contributed by atoms with Gasteiger partial charge in [-0.2, -0.15) is 0 Å². The van der Waals surface area contributed by atoms with E-state index in [9.17, 15) is 8.42 Å². The molecule has 1 fully saturated rings. The second-order valence-electron chi connectivity index (χ2n) is 5.47. The third kappa shape index (κ3) is 3.35. The number of hydrogen-bond acceptors (Lipinski definition) is 3. The molecule has 1 heterocycles. The smallest absolute Gasteiger partial charge is 0.241 e. The first-order valence-corrected chi connectivity index (χ1v) is 8.19. The molecule has 0 unspecified atom stereocenters.